The van der Waals surface area contributed by atoms with Gasteiger partial charge in [0.15, 0.2) is 0 Å². The molecule has 1 aliphatic carbocycles. The van der Waals surface area contributed by atoms with Crippen molar-refractivity contribution in [3.05, 3.63) is 0 Å². The Hall–Kier alpha value is -1.26. The van der Waals surface area contributed by atoms with Crippen molar-refractivity contribution in [2.45, 2.75) is 51.9 Å². The molecule has 104 valence electrons. The molecule has 1 amide bonds. The van der Waals surface area contributed by atoms with Crippen molar-refractivity contribution in [3.8, 4) is 0 Å². The highest BCUT2D eigenvalue weighted by Crippen LogP contribution is 2.25. The summed E-state index contributed by atoms with van der Waals surface area (Å²) in [6, 6.07) is 0. The molecule has 0 aromatic heterocycles. The molecule has 0 aromatic rings. The highest BCUT2D eigenvalue weighted by Gasteiger charge is 2.16. The standard InChI is InChI=1S/C13H25N3O2/c1-10(13(14)16-18)9-15-12(17)8-11-6-4-2-3-5-7-11/h10-11,18H,2-9H2,1H3,(H2,14,16)(H,15,17). The minimum Gasteiger partial charge on any atom is -0.409 e. The molecule has 1 unspecified atom stereocenters. The Kier molecular flexibility index (Phi) is 6.54. The van der Waals surface area contributed by atoms with Gasteiger partial charge in [0.2, 0.25) is 5.91 Å². The van der Waals surface area contributed by atoms with E-state index in [-0.39, 0.29) is 17.7 Å². The van der Waals surface area contributed by atoms with Crippen molar-refractivity contribution >= 4 is 11.7 Å². The van der Waals surface area contributed by atoms with E-state index in [1.165, 1.54) is 38.5 Å². The van der Waals surface area contributed by atoms with Crippen LogP contribution in [0.25, 0.3) is 0 Å². The topological polar surface area (TPSA) is 87.7 Å². The lowest BCUT2D eigenvalue weighted by atomic mass is 9.96. The summed E-state index contributed by atoms with van der Waals surface area (Å²) in [4.78, 5) is 11.8. The third-order valence-electron chi connectivity index (χ3n) is 3.67. The minimum atomic E-state index is -0.131. The van der Waals surface area contributed by atoms with Crippen molar-refractivity contribution < 1.29 is 10.0 Å². The molecule has 0 aliphatic heterocycles. The van der Waals surface area contributed by atoms with Gasteiger partial charge < -0.3 is 16.3 Å². The van der Waals surface area contributed by atoms with E-state index >= 15 is 0 Å². The fourth-order valence-electron chi connectivity index (χ4n) is 2.37. The summed E-state index contributed by atoms with van der Waals surface area (Å²) < 4.78 is 0. The monoisotopic (exact) mass is 255 g/mol. The SMILES string of the molecule is CC(CNC(=O)CC1CCCCCC1)C(N)=NO. The molecule has 0 spiro atoms. The molecule has 1 saturated carbocycles. The summed E-state index contributed by atoms with van der Waals surface area (Å²) in [6.45, 7) is 2.25. The number of carbonyl (C=O) groups is 1. The minimum absolute atomic E-state index is 0.0829. The second kappa shape index (κ2) is 7.95. The fourth-order valence-corrected chi connectivity index (χ4v) is 2.37. The first-order valence-corrected chi connectivity index (χ1v) is 6.87. The van der Waals surface area contributed by atoms with Gasteiger partial charge in [-0.15, -0.1) is 0 Å². The van der Waals surface area contributed by atoms with Crippen LogP contribution < -0.4 is 11.1 Å². The molecular formula is C13H25N3O2. The number of nitrogens with one attached hydrogen (secondary N) is 1. The Bertz CT molecular complexity index is 284. The van der Waals surface area contributed by atoms with Crippen LogP contribution in [0.2, 0.25) is 0 Å². The largest absolute Gasteiger partial charge is 0.409 e. The second-order valence-corrected chi connectivity index (χ2v) is 5.29. The van der Waals surface area contributed by atoms with Gasteiger partial charge >= 0.3 is 0 Å². The molecule has 1 fully saturated rings. The molecule has 0 saturated heterocycles. The Balaban J connectivity index is 2.24. The smallest absolute Gasteiger partial charge is 0.220 e. The number of oxime groups is 1. The zero-order chi connectivity index (χ0) is 13.4. The zero-order valence-electron chi connectivity index (χ0n) is 11.2. The number of nitrogens with zero attached hydrogens (tertiary/aromatic N) is 1. The van der Waals surface area contributed by atoms with Crippen LogP contribution >= 0.6 is 0 Å². The number of amidine groups is 1. The van der Waals surface area contributed by atoms with Crippen molar-refractivity contribution in [1.29, 1.82) is 0 Å². The lowest BCUT2D eigenvalue weighted by molar-refractivity contribution is -0.122. The van der Waals surface area contributed by atoms with Gasteiger partial charge in [-0.1, -0.05) is 37.8 Å². The number of amides is 1. The normalized spacial score (nSPS) is 20.2. The predicted octanol–water partition coefficient (Wildman–Crippen LogP) is 1.85. The Labute approximate surface area is 109 Å². The van der Waals surface area contributed by atoms with Crippen LogP contribution in [-0.2, 0) is 4.79 Å². The van der Waals surface area contributed by atoms with Crippen LogP contribution in [0.15, 0.2) is 5.16 Å². The molecule has 0 aromatic carbocycles. The second-order valence-electron chi connectivity index (χ2n) is 5.29. The predicted molar refractivity (Wildman–Crippen MR) is 71.4 cm³/mol. The molecule has 4 N–H and O–H groups in total. The van der Waals surface area contributed by atoms with E-state index in [0.717, 1.165) is 0 Å². The van der Waals surface area contributed by atoms with Crippen LogP contribution in [0.3, 0.4) is 0 Å². The average Bonchev–Trinajstić information content (AvgIpc) is 2.63. The van der Waals surface area contributed by atoms with E-state index in [2.05, 4.69) is 10.5 Å². The maximum atomic E-state index is 11.8. The van der Waals surface area contributed by atoms with Gasteiger partial charge in [-0.05, 0) is 18.8 Å². The maximum absolute atomic E-state index is 11.8. The molecule has 1 aliphatic rings. The molecule has 0 heterocycles. The van der Waals surface area contributed by atoms with E-state index in [1.54, 1.807) is 0 Å². The average molecular weight is 255 g/mol. The third-order valence-corrected chi connectivity index (χ3v) is 3.67. The zero-order valence-corrected chi connectivity index (χ0v) is 11.2. The molecule has 0 bridgehead atoms. The van der Waals surface area contributed by atoms with Gasteiger partial charge in [0.05, 0.1) is 0 Å². The van der Waals surface area contributed by atoms with Gasteiger partial charge in [-0.2, -0.15) is 0 Å². The van der Waals surface area contributed by atoms with Gasteiger partial charge in [-0.25, -0.2) is 0 Å². The van der Waals surface area contributed by atoms with Crippen LogP contribution in [0, 0.1) is 11.8 Å². The molecule has 5 nitrogen and oxygen atoms in total. The van der Waals surface area contributed by atoms with E-state index in [9.17, 15) is 4.79 Å². The van der Waals surface area contributed by atoms with Gasteiger partial charge in [-0.3, -0.25) is 4.79 Å². The summed E-state index contributed by atoms with van der Waals surface area (Å²) in [5, 5.41) is 14.3. The Morgan fingerprint density at radius 1 is 1.39 bits per heavy atom. The van der Waals surface area contributed by atoms with Gasteiger partial charge in [0.1, 0.15) is 5.84 Å². The quantitative estimate of drug-likeness (QED) is 0.230. The number of carbonyl (C=O) groups excluding carboxylic acids is 1. The van der Waals surface area contributed by atoms with E-state index < -0.39 is 0 Å². The van der Waals surface area contributed by atoms with E-state index in [4.69, 9.17) is 10.9 Å². The Morgan fingerprint density at radius 3 is 2.56 bits per heavy atom. The van der Waals surface area contributed by atoms with Crippen molar-refractivity contribution in [2.24, 2.45) is 22.7 Å². The summed E-state index contributed by atoms with van der Waals surface area (Å²) in [5.41, 5.74) is 5.46. The first-order valence-electron chi connectivity index (χ1n) is 6.87. The molecule has 0 radical (unpaired) electrons. The van der Waals surface area contributed by atoms with Gasteiger partial charge in [0, 0.05) is 18.9 Å². The number of hydrogen-bond donors (Lipinski definition) is 3. The lowest BCUT2D eigenvalue weighted by Gasteiger charge is -2.15. The van der Waals surface area contributed by atoms with Crippen molar-refractivity contribution in [1.82, 2.24) is 5.32 Å². The van der Waals surface area contributed by atoms with Crippen LogP contribution in [0.4, 0.5) is 0 Å². The first kappa shape index (κ1) is 14.8. The molecule has 1 atom stereocenters. The number of nitrogens with two attached hydrogens (primary N) is 1. The molecule has 5 heteroatoms. The van der Waals surface area contributed by atoms with E-state index in [0.29, 0.717) is 18.9 Å². The van der Waals surface area contributed by atoms with Crippen molar-refractivity contribution in [3.63, 3.8) is 0 Å². The van der Waals surface area contributed by atoms with Crippen molar-refractivity contribution in [2.75, 3.05) is 6.54 Å². The summed E-state index contributed by atoms with van der Waals surface area (Å²) >= 11 is 0. The molecule has 1 rings (SSSR count). The fraction of sp³-hybridized carbons (Fsp3) is 0.846. The summed E-state index contributed by atoms with van der Waals surface area (Å²) in [7, 11) is 0. The van der Waals surface area contributed by atoms with Crippen LogP contribution in [-0.4, -0.2) is 23.5 Å². The summed E-state index contributed by atoms with van der Waals surface area (Å²) in [6.07, 6.45) is 8.06. The third kappa shape index (κ3) is 5.38. The Morgan fingerprint density at radius 2 is 2.00 bits per heavy atom. The van der Waals surface area contributed by atoms with Crippen LogP contribution in [0.1, 0.15) is 51.9 Å². The number of rotatable bonds is 5. The first-order chi connectivity index (χ1) is 8.63. The van der Waals surface area contributed by atoms with E-state index in [1.807, 2.05) is 6.92 Å². The lowest BCUT2D eigenvalue weighted by Crippen LogP contribution is -2.35. The highest BCUT2D eigenvalue weighted by atomic mass is 16.4. The van der Waals surface area contributed by atoms with Crippen LogP contribution in [0.5, 0.6) is 0 Å². The summed E-state index contributed by atoms with van der Waals surface area (Å²) in [5.74, 6) is 0.643. The highest BCUT2D eigenvalue weighted by molar-refractivity contribution is 5.83. The molecule has 18 heavy (non-hydrogen) atoms. The maximum Gasteiger partial charge on any atom is 0.220 e. The number of hydrogen-bond acceptors (Lipinski definition) is 3. The van der Waals surface area contributed by atoms with Gasteiger partial charge in [0.25, 0.3) is 0 Å². The molecular weight excluding hydrogens is 230 g/mol.